The Morgan fingerprint density at radius 1 is 1.19 bits per heavy atom. The molecule has 0 bridgehead atoms. The van der Waals surface area contributed by atoms with Crippen LogP contribution in [0.2, 0.25) is 0 Å². The van der Waals surface area contributed by atoms with Crippen molar-refractivity contribution in [2.45, 2.75) is 25.8 Å². The first-order chi connectivity index (χ1) is 7.81. The number of fused-ring (bicyclic) bond motifs is 1. The summed E-state index contributed by atoms with van der Waals surface area (Å²) in [5.41, 5.74) is 9.39. The molecule has 1 saturated carbocycles. The number of hydrogen-bond acceptors (Lipinski definition) is 2. The molecule has 1 fully saturated rings. The Hall–Kier alpha value is -0.860. The third-order valence-corrected chi connectivity index (χ3v) is 4.16. The van der Waals surface area contributed by atoms with Gasteiger partial charge in [-0.3, -0.25) is 4.90 Å². The Labute approximate surface area is 97.4 Å². The highest BCUT2D eigenvalue weighted by molar-refractivity contribution is 5.29. The van der Waals surface area contributed by atoms with Crippen molar-refractivity contribution in [2.75, 3.05) is 19.6 Å². The summed E-state index contributed by atoms with van der Waals surface area (Å²) in [6, 6.07) is 8.83. The molecule has 3 rings (SSSR count). The van der Waals surface area contributed by atoms with E-state index in [0.29, 0.717) is 5.41 Å². The summed E-state index contributed by atoms with van der Waals surface area (Å²) in [5.74, 6) is 0. The molecule has 2 heteroatoms. The van der Waals surface area contributed by atoms with Crippen molar-refractivity contribution in [2.24, 2.45) is 11.1 Å². The first kappa shape index (κ1) is 10.3. The molecule has 0 aromatic heterocycles. The van der Waals surface area contributed by atoms with E-state index in [-0.39, 0.29) is 0 Å². The molecule has 1 aliphatic carbocycles. The van der Waals surface area contributed by atoms with Crippen molar-refractivity contribution < 1.29 is 0 Å². The molecule has 0 amide bonds. The molecule has 1 aromatic rings. The van der Waals surface area contributed by atoms with Gasteiger partial charge in [0.05, 0.1) is 0 Å². The fourth-order valence-corrected chi connectivity index (χ4v) is 2.77. The van der Waals surface area contributed by atoms with Crippen LogP contribution in [-0.4, -0.2) is 24.5 Å². The molecule has 0 saturated heterocycles. The molecule has 0 unspecified atom stereocenters. The predicted octanol–water partition coefficient (Wildman–Crippen LogP) is 1.78. The highest BCUT2D eigenvalue weighted by atomic mass is 15.1. The maximum absolute atomic E-state index is 5.85. The standard InChI is InChI=1S/C14H20N2/c15-10-14(6-7-14)11-16-8-5-12-3-1-2-4-13(12)9-16/h1-4H,5-11,15H2. The third kappa shape index (κ3) is 1.87. The van der Waals surface area contributed by atoms with Gasteiger partial charge in [0.25, 0.3) is 0 Å². The number of nitrogens with two attached hydrogens (primary N) is 1. The molecule has 1 aliphatic heterocycles. The lowest BCUT2D eigenvalue weighted by Crippen LogP contribution is -2.37. The molecule has 1 aromatic carbocycles. The molecule has 2 nitrogen and oxygen atoms in total. The van der Waals surface area contributed by atoms with Crippen LogP contribution in [0.1, 0.15) is 24.0 Å². The lowest BCUT2D eigenvalue weighted by atomic mass is 9.98. The molecular weight excluding hydrogens is 196 g/mol. The number of rotatable bonds is 3. The summed E-state index contributed by atoms with van der Waals surface area (Å²) >= 11 is 0. The van der Waals surface area contributed by atoms with Crippen LogP contribution < -0.4 is 5.73 Å². The Morgan fingerprint density at radius 2 is 1.94 bits per heavy atom. The van der Waals surface area contributed by atoms with Crippen molar-refractivity contribution in [3.63, 3.8) is 0 Å². The maximum Gasteiger partial charge on any atom is 0.0236 e. The highest BCUT2D eigenvalue weighted by Crippen LogP contribution is 2.45. The van der Waals surface area contributed by atoms with E-state index in [4.69, 9.17) is 5.73 Å². The number of nitrogens with zero attached hydrogens (tertiary/aromatic N) is 1. The molecule has 86 valence electrons. The van der Waals surface area contributed by atoms with Gasteiger partial charge in [0.1, 0.15) is 0 Å². The summed E-state index contributed by atoms with van der Waals surface area (Å²) in [4.78, 5) is 2.59. The Kier molecular flexibility index (Phi) is 2.49. The third-order valence-electron chi connectivity index (χ3n) is 4.16. The van der Waals surface area contributed by atoms with Gasteiger partial charge in [0, 0.05) is 19.6 Å². The summed E-state index contributed by atoms with van der Waals surface area (Å²) in [5, 5.41) is 0. The molecule has 0 atom stereocenters. The normalized spacial score (nSPS) is 22.8. The Bertz CT molecular complexity index is 382. The maximum atomic E-state index is 5.85. The van der Waals surface area contributed by atoms with Gasteiger partial charge in [-0.25, -0.2) is 0 Å². The lowest BCUT2D eigenvalue weighted by molar-refractivity contribution is 0.205. The molecular formula is C14H20N2. The van der Waals surface area contributed by atoms with Crippen LogP contribution in [-0.2, 0) is 13.0 Å². The molecule has 16 heavy (non-hydrogen) atoms. The van der Waals surface area contributed by atoms with Crippen LogP contribution in [0, 0.1) is 5.41 Å². The van der Waals surface area contributed by atoms with Crippen LogP contribution in [0.15, 0.2) is 24.3 Å². The first-order valence-corrected chi connectivity index (χ1v) is 6.31. The molecule has 1 heterocycles. The molecule has 0 radical (unpaired) electrons. The summed E-state index contributed by atoms with van der Waals surface area (Å²) in [6.07, 6.45) is 3.88. The van der Waals surface area contributed by atoms with E-state index < -0.39 is 0 Å². The average Bonchev–Trinajstić information content (AvgIpc) is 3.09. The zero-order valence-electron chi connectivity index (χ0n) is 9.78. The van der Waals surface area contributed by atoms with Crippen molar-refractivity contribution in [1.29, 1.82) is 0 Å². The first-order valence-electron chi connectivity index (χ1n) is 6.31. The van der Waals surface area contributed by atoms with E-state index in [1.807, 2.05) is 0 Å². The van der Waals surface area contributed by atoms with Gasteiger partial charge in [-0.2, -0.15) is 0 Å². The summed E-state index contributed by atoms with van der Waals surface area (Å²) in [6.45, 7) is 4.40. The van der Waals surface area contributed by atoms with E-state index in [2.05, 4.69) is 29.2 Å². The second kappa shape index (κ2) is 3.86. The smallest absolute Gasteiger partial charge is 0.0236 e. The zero-order chi connectivity index (χ0) is 11.0. The zero-order valence-corrected chi connectivity index (χ0v) is 9.78. The van der Waals surface area contributed by atoms with Crippen LogP contribution in [0.4, 0.5) is 0 Å². The van der Waals surface area contributed by atoms with Gasteiger partial charge in [0.15, 0.2) is 0 Å². The van der Waals surface area contributed by atoms with Crippen molar-refractivity contribution in [3.8, 4) is 0 Å². The van der Waals surface area contributed by atoms with E-state index in [9.17, 15) is 0 Å². The highest BCUT2D eigenvalue weighted by Gasteiger charge is 2.42. The largest absolute Gasteiger partial charge is 0.330 e. The van der Waals surface area contributed by atoms with Crippen molar-refractivity contribution in [3.05, 3.63) is 35.4 Å². The fraction of sp³-hybridized carbons (Fsp3) is 0.571. The van der Waals surface area contributed by atoms with E-state index in [0.717, 1.165) is 13.1 Å². The second-order valence-electron chi connectivity index (χ2n) is 5.43. The number of hydrogen-bond donors (Lipinski definition) is 1. The minimum Gasteiger partial charge on any atom is -0.330 e. The summed E-state index contributed by atoms with van der Waals surface area (Å²) < 4.78 is 0. The van der Waals surface area contributed by atoms with Crippen molar-refractivity contribution in [1.82, 2.24) is 4.90 Å². The fourth-order valence-electron chi connectivity index (χ4n) is 2.77. The van der Waals surface area contributed by atoms with Gasteiger partial charge in [-0.05, 0) is 42.3 Å². The molecule has 2 aliphatic rings. The minimum absolute atomic E-state index is 0.478. The number of benzene rings is 1. The average molecular weight is 216 g/mol. The second-order valence-corrected chi connectivity index (χ2v) is 5.43. The summed E-state index contributed by atoms with van der Waals surface area (Å²) in [7, 11) is 0. The SMILES string of the molecule is NCC1(CN2CCc3ccccc3C2)CC1. The lowest BCUT2D eigenvalue weighted by Gasteiger charge is -2.31. The predicted molar refractivity (Wildman–Crippen MR) is 66.1 cm³/mol. The van der Waals surface area contributed by atoms with Crippen LogP contribution in [0.3, 0.4) is 0 Å². The molecule has 2 N–H and O–H groups in total. The van der Waals surface area contributed by atoms with Gasteiger partial charge >= 0.3 is 0 Å². The minimum atomic E-state index is 0.478. The van der Waals surface area contributed by atoms with Crippen LogP contribution >= 0.6 is 0 Å². The quantitative estimate of drug-likeness (QED) is 0.834. The van der Waals surface area contributed by atoms with Gasteiger partial charge in [-0.1, -0.05) is 24.3 Å². The molecule has 0 spiro atoms. The van der Waals surface area contributed by atoms with E-state index in [1.165, 1.54) is 43.5 Å². The Morgan fingerprint density at radius 3 is 2.62 bits per heavy atom. The monoisotopic (exact) mass is 216 g/mol. The Balaban J connectivity index is 1.69. The van der Waals surface area contributed by atoms with E-state index in [1.54, 1.807) is 0 Å². The van der Waals surface area contributed by atoms with Gasteiger partial charge < -0.3 is 5.73 Å². The van der Waals surface area contributed by atoms with Crippen LogP contribution in [0.5, 0.6) is 0 Å². The topological polar surface area (TPSA) is 29.3 Å². The van der Waals surface area contributed by atoms with Gasteiger partial charge in [0.2, 0.25) is 0 Å². The van der Waals surface area contributed by atoms with Crippen molar-refractivity contribution >= 4 is 0 Å². The van der Waals surface area contributed by atoms with Crippen LogP contribution in [0.25, 0.3) is 0 Å². The van der Waals surface area contributed by atoms with Gasteiger partial charge in [-0.15, -0.1) is 0 Å². The van der Waals surface area contributed by atoms with E-state index >= 15 is 0 Å².